The summed E-state index contributed by atoms with van der Waals surface area (Å²) < 4.78 is 9.59. The average Bonchev–Trinajstić information content (AvgIpc) is 2.91. The molecule has 1 aliphatic rings. The normalized spacial score (nSPS) is 16.2. The first-order valence-electron chi connectivity index (χ1n) is 6.62. The zero-order valence-corrected chi connectivity index (χ0v) is 11.8. The van der Waals surface area contributed by atoms with Gasteiger partial charge in [0.15, 0.2) is 0 Å². The van der Waals surface area contributed by atoms with Gasteiger partial charge in [-0.25, -0.2) is 0 Å². The zero-order valence-electron chi connectivity index (χ0n) is 11.8. The van der Waals surface area contributed by atoms with E-state index < -0.39 is 0 Å². The number of esters is 1. The van der Waals surface area contributed by atoms with Gasteiger partial charge in [0.05, 0.1) is 19.2 Å². The minimum absolute atomic E-state index is 0.127. The molecule has 2 rings (SSSR count). The van der Waals surface area contributed by atoms with Crippen LogP contribution in [0.1, 0.15) is 22.7 Å². The Morgan fingerprint density at radius 2 is 2.05 bits per heavy atom. The molecule has 0 radical (unpaired) electrons. The standard InChI is InChI=1S/C13H19N3O4/c1-10-9-11(20-14-10)13(18)16-7-5-15(6-8-16)4-3-12(17)19-2/h9H,3-8H2,1-2H3. The van der Waals surface area contributed by atoms with Crippen LogP contribution >= 0.6 is 0 Å². The maximum Gasteiger partial charge on any atom is 0.306 e. The summed E-state index contributed by atoms with van der Waals surface area (Å²) in [5.74, 6) is -0.0515. The van der Waals surface area contributed by atoms with Crippen LogP contribution in [-0.2, 0) is 9.53 Å². The molecular formula is C13H19N3O4. The third-order valence-electron chi connectivity index (χ3n) is 3.36. The fourth-order valence-corrected chi connectivity index (χ4v) is 2.15. The van der Waals surface area contributed by atoms with Crippen molar-refractivity contribution in [2.75, 3.05) is 39.8 Å². The number of nitrogens with zero attached hydrogens (tertiary/aromatic N) is 3. The number of aromatic nitrogens is 1. The molecule has 1 aliphatic heterocycles. The average molecular weight is 281 g/mol. The van der Waals surface area contributed by atoms with E-state index in [2.05, 4.69) is 14.8 Å². The second-order valence-corrected chi connectivity index (χ2v) is 4.79. The van der Waals surface area contributed by atoms with Gasteiger partial charge in [-0.3, -0.25) is 14.5 Å². The van der Waals surface area contributed by atoms with Crippen molar-refractivity contribution in [1.82, 2.24) is 15.0 Å². The number of hydrogen-bond acceptors (Lipinski definition) is 6. The summed E-state index contributed by atoms with van der Waals surface area (Å²) in [5.41, 5.74) is 0.699. The quantitative estimate of drug-likeness (QED) is 0.739. The largest absolute Gasteiger partial charge is 0.469 e. The van der Waals surface area contributed by atoms with E-state index in [-0.39, 0.29) is 17.6 Å². The van der Waals surface area contributed by atoms with Gasteiger partial charge in [0.1, 0.15) is 0 Å². The molecule has 1 saturated heterocycles. The highest BCUT2D eigenvalue weighted by Crippen LogP contribution is 2.10. The van der Waals surface area contributed by atoms with Crippen molar-refractivity contribution in [3.05, 3.63) is 17.5 Å². The molecule has 2 heterocycles. The Labute approximate surface area is 117 Å². The van der Waals surface area contributed by atoms with Crippen molar-refractivity contribution in [2.45, 2.75) is 13.3 Å². The van der Waals surface area contributed by atoms with Gasteiger partial charge in [-0.1, -0.05) is 5.16 Å². The van der Waals surface area contributed by atoms with Crippen LogP contribution in [0.3, 0.4) is 0 Å². The van der Waals surface area contributed by atoms with E-state index in [0.29, 0.717) is 31.7 Å². The first-order chi connectivity index (χ1) is 9.60. The fraction of sp³-hybridized carbons (Fsp3) is 0.615. The molecule has 0 spiro atoms. The van der Waals surface area contributed by atoms with E-state index in [1.165, 1.54) is 7.11 Å². The van der Waals surface area contributed by atoms with Crippen molar-refractivity contribution in [3.63, 3.8) is 0 Å². The van der Waals surface area contributed by atoms with Gasteiger partial charge in [-0.05, 0) is 6.92 Å². The molecule has 1 fully saturated rings. The van der Waals surface area contributed by atoms with Gasteiger partial charge in [0.25, 0.3) is 5.91 Å². The number of hydrogen-bond donors (Lipinski definition) is 0. The summed E-state index contributed by atoms with van der Waals surface area (Å²) in [5, 5.41) is 3.72. The molecule has 0 atom stereocenters. The van der Waals surface area contributed by atoms with Gasteiger partial charge in [0, 0.05) is 38.8 Å². The molecule has 7 nitrogen and oxygen atoms in total. The first kappa shape index (κ1) is 14.5. The van der Waals surface area contributed by atoms with Crippen molar-refractivity contribution in [2.24, 2.45) is 0 Å². The Bertz CT molecular complexity index is 478. The summed E-state index contributed by atoms with van der Waals surface area (Å²) in [6.07, 6.45) is 0.381. The number of carbonyl (C=O) groups excluding carboxylic acids is 2. The van der Waals surface area contributed by atoms with E-state index in [4.69, 9.17) is 4.52 Å². The van der Waals surface area contributed by atoms with Gasteiger partial charge in [-0.2, -0.15) is 0 Å². The Kier molecular flexibility index (Phi) is 4.73. The number of aryl methyl sites for hydroxylation is 1. The molecule has 1 amide bonds. The third-order valence-corrected chi connectivity index (χ3v) is 3.36. The fourth-order valence-electron chi connectivity index (χ4n) is 2.15. The summed E-state index contributed by atoms with van der Waals surface area (Å²) in [7, 11) is 1.39. The highest BCUT2D eigenvalue weighted by Gasteiger charge is 2.24. The van der Waals surface area contributed by atoms with Crippen molar-refractivity contribution in [3.8, 4) is 0 Å². The molecule has 0 aromatic carbocycles. The number of amides is 1. The van der Waals surface area contributed by atoms with Gasteiger partial charge in [-0.15, -0.1) is 0 Å². The minimum Gasteiger partial charge on any atom is -0.469 e. The lowest BCUT2D eigenvalue weighted by Gasteiger charge is -2.33. The lowest BCUT2D eigenvalue weighted by atomic mass is 10.2. The predicted octanol–water partition coefficient (Wildman–Crippen LogP) is 0.304. The highest BCUT2D eigenvalue weighted by molar-refractivity contribution is 5.91. The van der Waals surface area contributed by atoms with Crippen LogP contribution in [-0.4, -0.2) is 66.7 Å². The zero-order chi connectivity index (χ0) is 14.5. The molecular weight excluding hydrogens is 262 g/mol. The molecule has 20 heavy (non-hydrogen) atoms. The monoisotopic (exact) mass is 281 g/mol. The van der Waals surface area contributed by atoms with Crippen LogP contribution in [0.5, 0.6) is 0 Å². The van der Waals surface area contributed by atoms with Crippen molar-refractivity contribution >= 4 is 11.9 Å². The van der Waals surface area contributed by atoms with Crippen LogP contribution in [0.15, 0.2) is 10.6 Å². The summed E-state index contributed by atoms with van der Waals surface area (Å²) in [4.78, 5) is 27.1. The lowest BCUT2D eigenvalue weighted by Crippen LogP contribution is -2.49. The number of carbonyl (C=O) groups is 2. The molecule has 0 N–H and O–H groups in total. The van der Waals surface area contributed by atoms with Gasteiger partial charge < -0.3 is 14.2 Å². The Morgan fingerprint density at radius 1 is 1.35 bits per heavy atom. The van der Waals surface area contributed by atoms with Crippen LogP contribution in [0.4, 0.5) is 0 Å². The molecule has 1 aromatic heterocycles. The number of piperazine rings is 1. The van der Waals surface area contributed by atoms with Crippen LogP contribution in [0.2, 0.25) is 0 Å². The number of ether oxygens (including phenoxy) is 1. The molecule has 1 aromatic rings. The van der Waals surface area contributed by atoms with Crippen molar-refractivity contribution in [1.29, 1.82) is 0 Å². The molecule has 0 aliphatic carbocycles. The Morgan fingerprint density at radius 3 is 2.60 bits per heavy atom. The van der Waals surface area contributed by atoms with Crippen molar-refractivity contribution < 1.29 is 18.8 Å². The molecule has 0 bridgehead atoms. The molecule has 7 heteroatoms. The van der Waals surface area contributed by atoms with E-state index in [9.17, 15) is 9.59 Å². The maximum atomic E-state index is 12.1. The molecule has 0 unspecified atom stereocenters. The third kappa shape index (κ3) is 3.57. The summed E-state index contributed by atoms with van der Waals surface area (Å²) in [6, 6.07) is 1.64. The number of rotatable bonds is 4. The van der Waals surface area contributed by atoms with Crippen LogP contribution in [0.25, 0.3) is 0 Å². The van der Waals surface area contributed by atoms with Crippen LogP contribution in [0, 0.1) is 6.92 Å². The smallest absolute Gasteiger partial charge is 0.306 e. The Balaban J connectivity index is 1.79. The molecule has 110 valence electrons. The first-order valence-corrected chi connectivity index (χ1v) is 6.62. The topological polar surface area (TPSA) is 75.9 Å². The number of methoxy groups -OCH3 is 1. The van der Waals surface area contributed by atoms with Gasteiger partial charge >= 0.3 is 5.97 Å². The lowest BCUT2D eigenvalue weighted by molar-refractivity contribution is -0.141. The second kappa shape index (κ2) is 6.51. The summed E-state index contributed by atoms with van der Waals surface area (Å²) in [6.45, 7) is 5.19. The SMILES string of the molecule is COC(=O)CCN1CCN(C(=O)c2cc(C)no2)CC1. The predicted molar refractivity (Wildman–Crippen MR) is 70.2 cm³/mol. The maximum absolute atomic E-state index is 12.1. The molecule has 0 saturated carbocycles. The minimum atomic E-state index is -0.208. The second-order valence-electron chi connectivity index (χ2n) is 4.79. The highest BCUT2D eigenvalue weighted by atomic mass is 16.5. The van der Waals surface area contributed by atoms with E-state index in [0.717, 1.165) is 13.1 Å². The van der Waals surface area contributed by atoms with E-state index in [1.807, 2.05) is 0 Å². The van der Waals surface area contributed by atoms with E-state index in [1.54, 1.807) is 17.9 Å². The summed E-state index contributed by atoms with van der Waals surface area (Å²) >= 11 is 0. The van der Waals surface area contributed by atoms with E-state index >= 15 is 0 Å². The van der Waals surface area contributed by atoms with Crippen LogP contribution < -0.4 is 0 Å². The Hall–Kier alpha value is -1.89. The van der Waals surface area contributed by atoms with Gasteiger partial charge in [0.2, 0.25) is 5.76 Å².